The van der Waals surface area contributed by atoms with E-state index in [1.165, 1.54) is 0 Å². The minimum Gasteiger partial charge on any atom is -0.456 e. The lowest BCUT2D eigenvalue weighted by molar-refractivity contribution is -0.0167. The molecule has 2 atom stereocenters. The van der Waals surface area contributed by atoms with Gasteiger partial charge in [-0.15, -0.1) is 0 Å². The minimum atomic E-state index is -0.618. The number of cyclic esters (lactones) is 1. The zero-order chi connectivity index (χ0) is 10.1. The van der Waals surface area contributed by atoms with Gasteiger partial charge in [-0.3, -0.25) is 0 Å². The van der Waals surface area contributed by atoms with Gasteiger partial charge in [0.2, 0.25) is 0 Å². The molecule has 3 nitrogen and oxygen atoms in total. The number of hydrogen-bond acceptors (Lipinski definition) is 3. The van der Waals surface area contributed by atoms with Crippen molar-refractivity contribution in [2.45, 2.75) is 25.6 Å². The van der Waals surface area contributed by atoms with Crippen molar-refractivity contribution in [3.8, 4) is 0 Å². The standard InChI is InChI=1S/C11H12O3/c1-7(12)10-6-8-4-2-3-5-9(8)11(13)14-10/h2-5,7,10,12H,6H2,1H3. The lowest BCUT2D eigenvalue weighted by Crippen LogP contribution is -2.35. The minimum absolute atomic E-state index is 0.335. The number of carbonyl (C=O) groups excluding carboxylic acids is 1. The normalized spacial score (nSPS) is 22.4. The smallest absolute Gasteiger partial charge is 0.338 e. The molecule has 0 radical (unpaired) electrons. The second kappa shape index (κ2) is 3.42. The van der Waals surface area contributed by atoms with Crippen molar-refractivity contribution in [3.63, 3.8) is 0 Å². The maximum atomic E-state index is 11.5. The van der Waals surface area contributed by atoms with Crippen molar-refractivity contribution in [3.05, 3.63) is 35.4 Å². The van der Waals surface area contributed by atoms with E-state index in [4.69, 9.17) is 4.74 Å². The van der Waals surface area contributed by atoms with Crippen LogP contribution >= 0.6 is 0 Å². The molecule has 0 aromatic heterocycles. The molecule has 74 valence electrons. The number of esters is 1. The summed E-state index contributed by atoms with van der Waals surface area (Å²) in [6.45, 7) is 1.63. The first-order valence-electron chi connectivity index (χ1n) is 4.65. The lowest BCUT2D eigenvalue weighted by atomic mass is 9.96. The maximum Gasteiger partial charge on any atom is 0.338 e. The van der Waals surface area contributed by atoms with Gasteiger partial charge in [-0.1, -0.05) is 18.2 Å². The van der Waals surface area contributed by atoms with Gasteiger partial charge >= 0.3 is 5.97 Å². The molecular weight excluding hydrogens is 180 g/mol. The van der Waals surface area contributed by atoms with Crippen LogP contribution in [0.3, 0.4) is 0 Å². The Hall–Kier alpha value is -1.35. The van der Waals surface area contributed by atoms with E-state index in [0.717, 1.165) is 5.56 Å². The van der Waals surface area contributed by atoms with E-state index >= 15 is 0 Å². The Morgan fingerprint density at radius 3 is 2.93 bits per heavy atom. The Kier molecular flexibility index (Phi) is 2.25. The van der Waals surface area contributed by atoms with Gasteiger partial charge in [-0.2, -0.15) is 0 Å². The first-order chi connectivity index (χ1) is 6.68. The van der Waals surface area contributed by atoms with Crippen molar-refractivity contribution in [1.82, 2.24) is 0 Å². The van der Waals surface area contributed by atoms with Crippen LogP contribution in [0.15, 0.2) is 24.3 Å². The van der Waals surface area contributed by atoms with E-state index in [1.807, 2.05) is 18.2 Å². The quantitative estimate of drug-likeness (QED) is 0.679. The summed E-state index contributed by atoms with van der Waals surface area (Å²) in [6, 6.07) is 7.33. The predicted octanol–water partition coefficient (Wildman–Crippen LogP) is 1.15. The third-order valence-electron chi connectivity index (χ3n) is 2.45. The van der Waals surface area contributed by atoms with Crippen LogP contribution in [0.1, 0.15) is 22.8 Å². The van der Waals surface area contributed by atoms with Crippen molar-refractivity contribution >= 4 is 5.97 Å². The molecule has 2 rings (SSSR count). The van der Waals surface area contributed by atoms with Gasteiger partial charge in [0, 0.05) is 6.42 Å². The first-order valence-corrected chi connectivity index (χ1v) is 4.65. The van der Waals surface area contributed by atoms with Crippen LogP contribution in [0.5, 0.6) is 0 Å². The Morgan fingerprint density at radius 1 is 1.50 bits per heavy atom. The molecule has 0 amide bonds. The van der Waals surface area contributed by atoms with Gasteiger partial charge in [-0.25, -0.2) is 4.79 Å². The first kappa shape index (κ1) is 9.21. The highest BCUT2D eigenvalue weighted by Crippen LogP contribution is 2.21. The molecule has 1 aliphatic rings. The molecule has 1 aliphatic heterocycles. The Labute approximate surface area is 82.3 Å². The van der Waals surface area contributed by atoms with Crippen molar-refractivity contribution in [1.29, 1.82) is 0 Å². The van der Waals surface area contributed by atoms with E-state index < -0.39 is 12.2 Å². The fourth-order valence-corrected chi connectivity index (χ4v) is 1.63. The molecule has 1 heterocycles. The van der Waals surface area contributed by atoms with Crippen LogP contribution in [-0.2, 0) is 11.2 Å². The molecule has 0 aliphatic carbocycles. The fraction of sp³-hybridized carbons (Fsp3) is 0.364. The van der Waals surface area contributed by atoms with Crippen LogP contribution < -0.4 is 0 Å². The molecule has 0 fully saturated rings. The summed E-state index contributed by atoms with van der Waals surface area (Å²) in [6.07, 6.45) is -0.427. The van der Waals surface area contributed by atoms with Gasteiger partial charge in [0.05, 0.1) is 11.7 Å². The topological polar surface area (TPSA) is 46.5 Å². The number of rotatable bonds is 1. The average Bonchev–Trinajstić information content (AvgIpc) is 2.17. The summed E-state index contributed by atoms with van der Waals surface area (Å²) in [5, 5.41) is 9.34. The zero-order valence-corrected chi connectivity index (χ0v) is 7.93. The Bertz CT molecular complexity index is 357. The predicted molar refractivity (Wildman–Crippen MR) is 51.0 cm³/mol. The molecule has 2 unspecified atom stereocenters. The Morgan fingerprint density at radius 2 is 2.21 bits per heavy atom. The zero-order valence-electron chi connectivity index (χ0n) is 7.93. The number of aliphatic hydroxyl groups is 1. The lowest BCUT2D eigenvalue weighted by Gasteiger charge is -2.26. The molecule has 3 heteroatoms. The van der Waals surface area contributed by atoms with Gasteiger partial charge in [0.1, 0.15) is 6.10 Å². The highest BCUT2D eigenvalue weighted by Gasteiger charge is 2.28. The second-order valence-electron chi connectivity index (χ2n) is 3.55. The summed E-state index contributed by atoms with van der Waals surface area (Å²) >= 11 is 0. The van der Waals surface area contributed by atoms with Crippen LogP contribution in [0.2, 0.25) is 0 Å². The van der Waals surface area contributed by atoms with Gasteiger partial charge in [0.25, 0.3) is 0 Å². The molecule has 1 N–H and O–H groups in total. The van der Waals surface area contributed by atoms with Crippen molar-refractivity contribution in [2.75, 3.05) is 0 Å². The second-order valence-corrected chi connectivity index (χ2v) is 3.55. The fourth-order valence-electron chi connectivity index (χ4n) is 1.63. The number of fused-ring (bicyclic) bond motifs is 1. The largest absolute Gasteiger partial charge is 0.456 e. The van der Waals surface area contributed by atoms with E-state index in [-0.39, 0.29) is 5.97 Å². The van der Waals surface area contributed by atoms with E-state index in [0.29, 0.717) is 12.0 Å². The molecular formula is C11H12O3. The third kappa shape index (κ3) is 1.51. The highest BCUT2D eigenvalue weighted by atomic mass is 16.6. The van der Waals surface area contributed by atoms with Crippen molar-refractivity contribution < 1.29 is 14.6 Å². The van der Waals surface area contributed by atoms with Crippen LogP contribution in [0.25, 0.3) is 0 Å². The summed E-state index contributed by atoms with van der Waals surface area (Å²) in [7, 11) is 0. The van der Waals surface area contributed by atoms with E-state index in [1.54, 1.807) is 13.0 Å². The summed E-state index contributed by atoms with van der Waals surface area (Å²) in [5.41, 5.74) is 1.57. The number of ether oxygens (including phenoxy) is 1. The third-order valence-corrected chi connectivity index (χ3v) is 2.45. The van der Waals surface area contributed by atoms with E-state index in [2.05, 4.69) is 0 Å². The van der Waals surface area contributed by atoms with Crippen LogP contribution in [-0.4, -0.2) is 23.3 Å². The summed E-state index contributed by atoms with van der Waals surface area (Å²) in [5.74, 6) is -0.335. The van der Waals surface area contributed by atoms with Gasteiger partial charge < -0.3 is 9.84 Å². The number of aliphatic hydroxyl groups excluding tert-OH is 1. The van der Waals surface area contributed by atoms with Crippen LogP contribution in [0.4, 0.5) is 0 Å². The molecule has 0 saturated heterocycles. The molecule has 1 aromatic carbocycles. The van der Waals surface area contributed by atoms with Crippen molar-refractivity contribution in [2.24, 2.45) is 0 Å². The Balaban J connectivity index is 2.33. The molecule has 0 bridgehead atoms. The highest BCUT2D eigenvalue weighted by molar-refractivity contribution is 5.92. The maximum absolute atomic E-state index is 11.5. The monoisotopic (exact) mass is 192 g/mol. The summed E-state index contributed by atoms with van der Waals surface area (Å²) < 4.78 is 5.09. The summed E-state index contributed by atoms with van der Waals surface area (Å²) in [4.78, 5) is 11.5. The molecule has 14 heavy (non-hydrogen) atoms. The van der Waals surface area contributed by atoms with Gasteiger partial charge in [-0.05, 0) is 18.6 Å². The number of benzene rings is 1. The number of hydrogen-bond donors (Lipinski definition) is 1. The van der Waals surface area contributed by atoms with Gasteiger partial charge in [0.15, 0.2) is 0 Å². The molecule has 1 aromatic rings. The average molecular weight is 192 g/mol. The molecule has 0 spiro atoms. The number of carbonyl (C=O) groups is 1. The molecule has 0 saturated carbocycles. The SMILES string of the molecule is CC(O)C1Cc2ccccc2C(=O)O1. The van der Waals surface area contributed by atoms with Crippen LogP contribution in [0, 0.1) is 0 Å². The van der Waals surface area contributed by atoms with E-state index in [9.17, 15) is 9.90 Å².